The van der Waals surface area contributed by atoms with Crippen LogP contribution in [0.5, 0.6) is 0 Å². The second-order valence-electron chi connectivity index (χ2n) is 4.06. The Morgan fingerprint density at radius 3 is 2.29 bits per heavy atom. The summed E-state index contributed by atoms with van der Waals surface area (Å²) < 4.78 is 0. The number of benzene rings is 1. The number of hydrogen-bond donors (Lipinski definition) is 1. The van der Waals surface area contributed by atoms with Gasteiger partial charge in [-0.3, -0.25) is 0 Å². The predicted molar refractivity (Wildman–Crippen MR) is 64.4 cm³/mol. The average molecular weight is 206 g/mol. The van der Waals surface area contributed by atoms with Crippen molar-refractivity contribution >= 4 is 13.3 Å². The van der Waals surface area contributed by atoms with E-state index in [2.05, 4.69) is 25.2 Å². The highest BCUT2D eigenvalue weighted by molar-refractivity contribution is 6.91. The molecule has 1 nitrogen and oxygen atoms in total. The van der Waals surface area contributed by atoms with Gasteiger partial charge in [0, 0.05) is 0 Å². The lowest BCUT2D eigenvalue weighted by Gasteiger charge is -2.26. The van der Waals surface area contributed by atoms with E-state index in [1.54, 1.807) is 0 Å². The van der Waals surface area contributed by atoms with Gasteiger partial charge in [-0.2, -0.15) is 0 Å². The first-order valence-electron chi connectivity index (χ1n) is 4.95. The lowest BCUT2D eigenvalue weighted by molar-refractivity contribution is 0.292. The van der Waals surface area contributed by atoms with Crippen molar-refractivity contribution in [3.8, 4) is 0 Å². The molecule has 2 heteroatoms. The summed E-state index contributed by atoms with van der Waals surface area (Å²) in [6.07, 6.45) is 3.81. The van der Waals surface area contributed by atoms with Gasteiger partial charge in [-0.25, -0.2) is 0 Å². The van der Waals surface area contributed by atoms with Gasteiger partial charge in [0.1, 0.15) is 8.07 Å². The number of aliphatic hydroxyl groups excluding tert-OH is 1. The molecule has 0 aromatic heterocycles. The third-order valence-electron chi connectivity index (χ3n) is 2.63. The average Bonchev–Trinajstić information content (AvgIpc) is 2.19. The van der Waals surface area contributed by atoms with Crippen LogP contribution in [0.15, 0.2) is 42.5 Å². The fourth-order valence-corrected chi connectivity index (χ4v) is 3.53. The molecule has 0 aliphatic rings. The molecule has 0 spiro atoms. The molecule has 0 bridgehead atoms. The quantitative estimate of drug-likeness (QED) is 0.593. The van der Waals surface area contributed by atoms with E-state index in [-0.39, 0.29) is 5.73 Å². The molecule has 0 aliphatic heterocycles. The van der Waals surface area contributed by atoms with Gasteiger partial charge in [0.2, 0.25) is 0 Å². The standard InChI is InChI=1S/C12H18OSi/c1-4-8-12(13)14(2,3)11-9-6-5-7-10-11/h4-10,12-13H,1-3H3/b8-4+. The fraction of sp³-hybridized carbons (Fsp3) is 0.333. The van der Waals surface area contributed by atoms with Crippen molar-refractivity contribution in [2.45, 2.75) is 25.7 Å². The Bertz CT molecular complexity index is 303. The van der Waals surface area contributed by atoms with E-state index in [1.807, 2.05) is 37.3 Å². The highest BCUT2D eigenvalue weighted by atomic mass is 28.3. The number of aliphatic hydroxyl groups is 1. The smallest absolute Gasteiger partial charge is 0.118 e. The molecular formula is C12H18OSi. The molecule has 0 saturated heterocycles. The van der Waals surface area contributed by atoms with Gasteiger partial charge in [-0.05, 0) is 6.92 Å². The van der Waals surface area contributed by atoms with Crippen LogP contribution in [0.3, 0.4) is 0 Å². The van der Waals surface area contributed by atoms with Crippen molar-refractivity contribution in [3.63, 3.8) is 0 Å². The number of hydrogen-bond acceptors (Lipinski definition) is 1. The molecule has 0 aliphatic carbocycles. The first-order chi connectivity index (χ1) is 6.59. The Balaban J connectivity index is 2.95. The molecule has 76 valence electrons. The minimum Gasteiger partial charge on any atom is -0.392 e. The predicted octanol–water partition coefficient (Wildman–Crippen LogP) is 2.08. The van der Waals surface area contributed by atoms with Gasteiger partial charge in [-0.15, -0.1) is 0 Å². The highest BCUT2D eigenvalue weighted by Gasteiger charge is 2.30. The van der Waals surface area contributed by atoms with Crippen LogP contribution in [-0.2, 0) is 0 Å². The molecule has 0 fully saturated rings. The van der Waals surface area contributed by atoms with E-state index < -0.39 is 8.07 Å². The zero-order valence-electron chi connectivity index (χ0n) is 9.07. The minimum absolute atomic E-state index is 0.296. The van der Waals surface area contributed by atoms with Gasteiger partial charge in [-0.1, -0.05) is 60.8 Å². The van der Waals surface area contributed by atoms with Crippen LogP contribution in [0, 0.1) is 0 Å². The fourth-order valence-electron chi connectivity index (χ4n) is 1.46. The highest BCUT2D eigenvalue weighted by Crippen LogP contribution is 2.10. The SMILES string of the molecule is C/C=C/C(O)[Si](C)(C)c1ccccc1. The lowest BCUT2D eigenvalue weighted by Crippen LogP contribution is -2.51. The van der Waals surface area contributed by atoms with Gasteiger partial charge in [0.05, 0.1) is 5.73 Å². The Kier molecular flexibility index (Phi) is 3.67. The van der Waals surface area contributed by atoms with Crippen LogP contribution in [0.1, 0.15) is 6.92 Å². The summed E-state index contributed by atoms with van der Waals surface area (Å²) >= 11 is 0. The second-order valence-corrected chi connectivity index (χ2v) is 8.67. The molecule has 1 atom stereocenters. The number of rotatable bonds is 3. The van der Waals surface area contributed by atoms with E-state index in [1.165, 1.54) is 5.19 Å². The van der Waals surface area contributed by atoms with Crippen LogP contribution < -0.4 is 5.19 Å². The van der Waals surface area contributed by atoms with E-state index >= 15 is 0 Å². The summed E-state index contributed by atoms with van der Waals surface area (Å²) in [5, 5.41) is 11.3. The van der Waals surface area contributed by atoms with E-state index in [9.17, 15) is 5.11 Å². The molecule has 1 unspecified atom stereocenters. The first-order valence-corrected chi connectivity index (χ1v) is 8.03. The summed E-state index contributed by atoms with van der Waals surface area (Å²) in [7, 11) is -1.74. The molecule has 1 rings (SSSR count). The lowest BCUT2D eigenvalue weighted by atomic mass is 10.4. The van der Waals surface area contributed by atoms with Crippen molar-refractivity contribution in [3.05, 3.63) is 42.5 Å². The van der Waals surface area contributed by atoms with Crippen molar-refractivity contribution in [1.82, 2.24) is 0 Å². The molecule has 0 amide bonds. The van der Waals surface area contributed by atoms with Gasteiger partial charge in [0.25, 0.3) is 0 Å². The molecular weight excluding hydrogens is 188 g/mol. The Morgan fingerprint density at radius 2 is 1.79 bits per heavy atom. The van der Waals surface area contributed by atoms with Gasteiger partial charge in [0.15, 0.2) is 0 Å². The Labute approximate surface area is 87.1 Å². The van der Waals surface area contributed by atoms with Crippen LogP contribution in [0.2, 0.25) is 13.1 Å². The van der Waals surface area contributed by atoms with E-state index in [0.717, 1.165) is 0 Å². The molecule has 0 heterocycles. The number of allylic oxidation sites excluding steroid dienone is 1. The first kappa shape index (κ1) is 11.2. The maximum absolute atomic E-state index is 10.0. The van der Waals surface area contributed by atoms with Crippen LogP contribution in [0.4, 0.5) is 0 Å². The Hall–Kier alpha value is -0.863. The topological polar surface area (TPSA) is 20.2 Å². The minimum atomic E-state index is -1.74. The second kappa shape index (κ2) is 4.58. The largest absolute Gasteiger partial charge is 0.392 e. The van der Waals surface area contributed by atoms with Gasteiger partial charge < -0.3 is 5.11 Å². The maximum atomic E-state index is 10.0. The van der Waals surface area contributed by atoms with E-state index in [4.69, 9.17) is 0 Å². The third-order valence-corrected chi connectivity index (χ3v) is 6.12. The van der Waals surface area contributed by atoms with Crippen molar-refractivity contribution in [2.75, 3.05) is 0 Å². The summed E-state index contributed by atoms with van der Waals surface area (Å²) in [6, 6.07) is 10.3. The van der Waals surface area contributed by atoms with Crippen molar-refractivity contribution < 1.29 is 5.11 Å². The molecule has 0 radical (unpaired) electrons. The molecule has 1 aromatic carbocycles. The van der Waals surface area contributed by atoms with Crippen LogP contribution in [-0.4, -0.2) is 18.9 Å². The van der Waals surface area contributed by atoms with Crippen molar-refractivity contribution in [1.29, 1.82) is 0 Å². The zero-order valence-corrected chi connectivity index (χ0v) is 10.1. The van der Waals surface area contributed by atoms with Gasteiger partial charge >= 0.3 is 0 Å². The van der Waals surface area contributed by atoms with Crippen LogP contribution >= 0.6 is 0 Å². The molecule has 14 heavy (non-hydrogen) atoms. The third kappa shape index (κ3) is 2.34. The molecule has 1 N–H and O–H groups in total. The summed E-state index contributed by atoms with van der Waals surface area (Å²) in [5.41, 5.74) is -0.296. The summed E-state index contributed by atoms with van der Waals surface area (Å²) in [4.78, 5) is 0. The normalized spacial score (nSPS) is 14.6. The Morgan fingerprint density at radius 1 is 1.21 bits per heavy atom. The van der Waals surface area contributed by atoms with E-state index in [0.29, 0.717) is 0 Å². The molecule has 0 saturated carbocycles. The van der Waals surface area contributed by atoms with Crippen LogP contribution in [0.25, 0.3) is 0 Å². The molecule has 1 aromatic rings. The maximum Gasteiger partial charge on any atom is 0.118 e. The summed E-state index contributed by atoms with van der Waals surface area (Å²) in [5.74, 6) is 0. The van der Waals surface area contributed by atoms with Crippen molar-refractivity contribution in [2.24, 2.45) is 0 Å². The summed E-state index contributed by atoms with van der Waals surface area (Å²) in [6.45, 7) is 6.32. The zero-order chi connectivity index (χ0) is 10.6. The monoisotopic (exact) mass is 206 g/mol.